The normalized spacial score (nSPS) is 14.8. The molecule has 1 aliphatic heterocycles. The third kappa shape index (κ3) is 2.05. The van der Waals surface area contributed by atoms with Gasteiger partial charge in [-0.3, -0.25) is 14.7 Å². The van der Waals surface area contributed by atoms with E-state index in [9.17, 15) is 9.59 Å². The Morgan fingerprint density at radius 2 is 1.80 bits per heavy atom. The van der Waals surface area contributed by atoms with Crippen molar-refractivity contribution in [2.24, 2.45) is 0 Å². The van der Waals surface area contributed by atoms with Crippen molar-refractivity contribution in [2.75, 3.05) is 18.0 Å². The van der Waals surface area contributed by atoms with Crippen LogP contribution in [0.2, 0.25) is 0 Å². The fraction of sp³-hybridized carbons (Fsp3) is 0.333. The Labute approximate surface area is 116 Å². The van der Waals surface area contributed by atoms with Gasteiger partial charge in [0.15, 0.2) is 6.29 Å². The van der Waals surface area contributed by atoms with Crippen LogP contribution in [0, 0.1) is 6.92 Å². The highest BCUT2D eigenvalue weighted by atomic mass is 16.1. The number of carbonyl (C=O) groups excluding carboxylic acids is 1. The highest BCUT2D eigenvalue weighted by molar-refractivity contribution is 5.82. The van der Waals surface area contributed by atoms with Crippen molar-refractivity contribution in [3.8, 4) is 5.69 Å². The van der Waals surface area contributed by atoms with E-state index in [4.69, 9.17) is 0 Å². The van der Waals surface area contributed by atoms with Crippen LogP contribution >= 0.6 is 0 Å². The number of hydrogen-bond acceptors (Lipinski definition) is 3. The van der Waals surface area contributed by atoms with E-state index in [0.29, 0.717) is 12.1 Å². The van der Waals surface area contributed by atoms with E-state index in [-0.39, 0.29) is 11.1 Å². The molecule has 0 unspecified atom stereocenters. The van der Waals surface area contributed by atoms with Gasteiger partial charge in [0.1, 0.15) is 11.4 Å². The summed E-state index contributed by atoms with van der Waals surface area (Å²) in [5.41, 5.74) is 1.80. The lowest BCUT2D eigenvalue weighted by molar-refractivity contribution is 0.112. The third-order valence-corrected chi connectivity index (χ3v) is 3.74. The molecule has 3 rings (SSSR count). The molecule has 1 saturated heterocycles. The molecule has 0 bridgehead atoms. The summed E-state index contributed by atoms with van der Waals surface area (Å²) in [5.74, 6) is 0.642. The maximum Gasteiger partial charge on any atom is 0.284 e. The number of nitrogens with zero attached hydrogens (tertiary/aromatic N) is 2. The van der Waals surface area contributed by atoms with Crippen molar-refractivity contribution in [3.63, 3.8) is 0 Å². The summed E-state index contributed by atoms with van der Waals surface area (Å²) in [6, 6.07) is 7.63. The second kappa shape index (κ2) is 5.00. The number of aromatic amines is 1. The zero-order valence-electron chi connectivity index (χ0n) is 11.4. The molecule has 20 heavy (non-hydrogen) atoms. The van der Waals surface area contributed by atoms with E-state index in [1.165, 1.54) is 4.68 Å². The minimum Gasteiger partial charge on any atom is -0.356 e. The molecule has 0 saturated carbocycles. The average Bonchev–Trinajstić information content (AvgIpc) is 3.07. The van der Waals surface area contributed by atoms with Gasteiger partial charge in [-0.2, -0.15) is 0 Å². The number of benzene rings is 1. The van der Waals surface area contributed by atoms with Crippen LogP contribution in [0.5, 0.6) is 0 Å². The molecule has 0 spiro atoms. The topological polar surface area (TPSA) is 58.1 Å². The molecule has 5 heteroatoms. The number of aryl methyl sites for hydroxylation is 1. The summed E-state index contributed by atoms with van der Waals surface area (Å²) in [7, 11) is 0. The summed E-state index contributed by atoms with van der Waals surface area (Å²) in [6.07, 6.45) is 2.84. The number of nitrogens with one attached hydrogen (secondary N) is 1. The third-order valence-electron chi connectivity index (χ3n) is 3.74. The molecule has 1 aromatic heterocycles. The number of aldehydes is 1. The lowest BCUT2D eigenvalue weighted by atomic mass is 10.2. The molecule has 0 aliphatic carbocycles. The zero-order valence-corrected chi connectivity index (χ0v) is 11.4. The van der Waals surface area contributed by atoms with Crippen LogP contribution in [0.15, 0.2) is 29.1 Å². The molecule has 1 aliphatic rings. The summed E-state index contributed by atoms with van der Waals surface area (Å²) < 4.78 is 1.44. The number of H-pyrrole nitrogens is 1. The Morgan fingerprint density at radius 3 is 2.40 bits per heavy atom. The summed E-state index contributed by atoms with van der Waals surface area (Å²) in [4.78, 5) is 25.6. The van der Waals surface area contributed by atoms with Crippen molar-refractivity contribution in [1.29, 1.82) is 0 Å². The number of anilines is 1. The van der Waals surface area contributed by atoms with Crippen LogP contribution in [-0.2, 0) is 0 Å². The minimum atomic E-state index is -0.286. The molecule has 0 atom stereocenters. The van der Waals surface area contributed by atoms with Crippen molar-refractivity contribution < 1.29 is 4.79 Å². The van der Waals surface area contributed by atoms with Crippen molar-refractivity contribution >= 4 is 12.1 Å². The Kier molecular flexibility index (Phi) is 3.18. The molecule has 0 radical (unpaired) electrons. The zero-order chi connectivity index (χ0) is 14.1. The molecule has 2 heterocycles. The lowest BCUT2D eigenvalue weighted by Crippen LogP contribution is -2.20. The van der Waals surface area contributed by atoms with Gasteiger partial charge in [0.2, 0.25) is 0 Å². The van der Waals surface area contributed by atoms with Gasteiger partial charge in [-0.1, -0.05) is 17.7 Å². The summed E-state index contributed by atoms with van der Waals surface area (Å²) in [6.45, 7) is 3.76. The first-order valence-corrected chi connectivity index (χ1v) is 6.83. The minimum absolute atomic E-state index is 0.215. The second-order valence-electron chi connectivity index (χ2n) is 5.16. The van der Waals surface area contributed by atoms with Gasteiger partial charge in [-0.25, -0.2) is 4.68 Å². The molecule has 1 N–H and O–H groups in total. The number of rotatable bonds is 3. The van der Waals surface area contributed by atoms with Gasteiger partial charge in [0, 0.05) is 13.1 Å². The Morgan fingerprint density at radius 1 is 1.15 bits per heavy atom. The SMILES string of the molecule is Cc1ccc(-n2[nH]c(N3CCCC3)c(C=O)c2=O)cc1. The Balaban J connectivity index is 2.10. The maximum absolute atomic E-state index is 12.3. The van der Waals surface area contributed by atoms with Gasteiger partial charge < -0.3 is 4.90 Å². The van der Waals surface area contributed by atoms with E-state index < -0.39 is 0 Å². The first kappa shape index (κ1) is 12.7. The first-order valence-electron chi connectivity index (χ1n) is 6.83. The average molecular weight is 271 g/mol. The number of carbonyl (C=O) groups is 1. The highest BCUT2D eigenvalue weighted by Gasteiger charge is 2.22. The van der Waals surface area contributed by atoms with Crippen LogP contribution in [0.4, 0.5) is 5.82 Å². The fourth-order valence-corrected chi connectivity index (χ4v) is 2.60. The van der Waals surface area contributed by atoms with Crippen LogP contribution in [0.25, 0.3) is 5.69 Å². The molecule has 104 valence electrons. The van der Waals surface area contributed by atoms with Gasteiger partial charge in [0.25, 0.3) is 5.56 Å². The van der Waals surface area contributed by atoms with Crippen molar-refractivity contribution in [3.05, 3.63) is 45.7 Å². The number of hydrogen-bond donors (Lipinski definition) is 1. The van der Waals surface area contributed by atoms with Gasteiger partial charge in [-0.05, 0) is 31.9 Å². The van der Waals surface area contributed by atoms with Crippen LogP contribution < -0.4 is 10.5 Å². The maximum atomic E-state index is 12.3. The van der Waals surface area contributed by atoms with Gasteiger partial charge in [-0.15, -0.1) is 0 Å². The first-order chi connectivity index (χ1) is 9.70. The molecular formula is C15H17N3O2. The molecule has 1 aromatic carbocycles. The Hall–Kier alpha value is -2.30. The smallest absolute Gasteiger partial charge is 0.284 e. The van der Waals surface area contributed by atoms with E-state index >= 15 is 0 Å². The molecule has 0 amide bonds. The second-order valence-corrected chi connectivity index (χ2v) is 5.16. The molecular weight excluding hydrogens is 254 g/mol. The highest BCUT2D eigenvalue weighted by Crippen LogP contribution is 2.20. The largest absolute Gasteiger partial charge is 0.356 e. The van der Waals surface area contributed by atoms with E-state index in [1.54, 1.807) is 0 Å². The standard InChI is InChI=1S/C15H17N3O2/c1-11-4-6-12(7-5-11)18-15(20)13(10-19)14(16-18)17-8-2-3-9-17/h4-7,10,16H,2-3,8-9H2,1H3. The Bertz CT molecular complexity index is 676. The van der Waals surface area contributed by atoms with Gasteiger partial charge in [0.05, 0.1) is 5.69 Å². The quantitative estimate of drug-likeness (QED) is 0.867. The van der Waals surface area contributed by atoms with Crippen LogP contribution in [0.1, 0.15) is 28.8 Å². The fourth-order valence-electron chi connectivity index (χ4n) is 2.60. The lowest BCUT2D eigenvalue weighted by Gasteiger charge is -2.15. The van der Waals surface area contributed by atoms with Gasteiger partial charge >= 0.3 is 0 Å². The van der Waals surface area contributed by atoms with Crippen LogP contribution in [0.3, 0.4) is 0 Å². The van der Waals surface area contributed by atoms with Crippen molar-refractivity contribution in [1.82, 2.24) is 9.78 Å². The molecule has 1 fully saturated rings. The molecule has 5 nitrogen and oxygen atoms in total. The van der Waals surface area contributed by atoms with Crippen LogP contribution in [-0.4, -0.2) is 29.2 Å². The predicted octanol–water partition coefficient (Wildman–Crippen LogP) is 1.89. The monoisotopic (exact) mass is 271 g/mol. The predicted molar refractivity (Wildman–Crippen MR) is 78.0 cm³/mol. The number of aromatic nitrogens is 2. The van der Waals surface area contributed by atoms with E-state index in [2.05, 4.69) is 10.00 Å². The van der Waals surface area contributed by atoms with E-state index in [0.717, 1.165) is 37.2 Å². The molecule has 2 aromatic rings. The van der Waals surface area contributed by atoms with E-state index in [1.807, 2.05) is 31.2 Å². The van der Waals surface area contributed by atoms with Crippen molar-refractivity contribution in [2.45, 2.75) is 19.8 Å². The summed E-state index contributed by atoms with van der Waals surface area (Å²) >= 11 is 0. The summed E-state index contributed by atoms with van der Waals surface area (Å²) in [5, 5.41) is 3.08.